The van der Waals surface area contributed by atoms with Gasteiger partial charge in [0.2, 0.25) is 76.8 Å². The van der Waals surface area contributed by atoms with Crippen molar-refractivity contribution >= 4 is 105 Å². The average Bonchev–Trinajstić information content (AvgIpc) is 1.66. The fraction of sp³-hybridized carbons (Fsp3) is 0.478. The first-order valence-corrected chi connectivity index (χ1v) is 34.3. The molecule has 1 fully saturated rings. The number of benzene rings is 3. The minimum absolute atomic E-state index is 0.0274. The van der Waals surface area contributed by atoms with E-state index >= 15 is 0 Å². The summed E-state index contributed by atoms with van der Waals surface area (Å²) in [7, 11) is 0. The molecule has 0 bridgehead atoms. The van der Waals surface area contributed by atoms with Gasteiger partial charge in [-0.1, -0.05) is 68.8 Å². The number of para-hydroxylation sites is 2. The largest absolute Gasteiger partial charge is 0.508 e. The molecule has 0 unspecified atom stereocenters. The van der Waals surface area contributed by atoms with Crippen LogP contribution in [-0.4, -0.2) is 209 Å². The first kappa shape index (κ1) is 81.9. The lowest BCUT2D eigenvalue weighted by Crippen LogP contribution is -2.62. The number of H-pyrrole nitrogens is 2. The monoisotopic (exact) mass is 1450 g/mol. The molecule has 13 amide bonds. The zero-order chi connectivity index (χ0) is 76.2. The van der Waals surface area contributed by atoms with E-state index in [0.29, 0.717) is 44.9 Å². The number of nitrogens with two attached hydrogens (primary N) is 4. The summed E-state index contributed by atoms with van der Waals surface area (Å²) in [6.45, 7) is 3.50. The number of fused-ring (bicyclic) bond motifs is 2. The molecular formula is C69H96N18O17. The van der Waals surface area contributed by atoms with Crippen molar-refractivity contribution in [3.8, 4) is 5.75 Å². The van der Waals surface area contributed by atoms with Crippen LogP contribution in [0.2, 0.25) is 0 Å². The minimum atomic E-state index is -1.79. The number of nitrogens with one attached hydrogen (secondary N) is 14. The predicted octanol–water partition coefficient (Wildman–Crippen LogP) is -4.44. The lowest BCUT2D eigenvalue weighted by molar-refractivity contribution is -0.157. The van der Waals surface area contributed by atoms with Gasteiger partial charge in [0.15, 0.2) is 6.04 Å². The zero-order valence-electron chi connectivity index (χ0n) is 58.4. The Morgan fingerprint density at radius 1 is 0.587 bits per heavy atom. The Morgan fingerprint density at radius 2 is 1.06 bits per heavy atom. The van der Waals surface area contributed by atoms with Crippen LogP contribution >= 0.6 is 0 Å². The third-order valence-electron chi connectivity index (χ3n) is 17.4. The van der Waals surface area contributed by atoms with Crippen molar-refractivity contribution in [1.29, 1.82) is 0 Å². The fourth-order valence-corrected chi connectivity index (χ4v) is 11.5. The molecular weight excluding hydrogens is 1350 g/mol. The average molecular weight is 1450 g/mol. The lowest BCUT2D eigenvalue weighted by atomic mass is 9.97. The SMILES string of the molecule is CC[C@H](C)[C@@H]1NC(=O)[C@@H](NC(=O)[C@H](Cc2c[nH]c3ccccc23)NC(=O)[C@@H](CCCN)NC(=O)CNC(=O)[C@H](CCCN)NC(=O)[C@@H](CCCN)NC(=O)[C@@H](Cc2c[nH]c3ccccc23)NC(=O)[C@@H](Cc2ccc(O)cc2)NC(=O)[C@@H](CC(N)=O)NC(C)=O)[C@@H](C)OC(=O)[C@H](CO)NC(=O)CNC1=O. The van der Waals surface area contributed by atoms with Gasteiger partial charge in [-0.25, -0.2) is 4.79 Å². The van der Waals surface area contributed by atoms with Crippen LogP contribution in [0.4, 0.5) is 0 Å². The zero-order valence-corrected chi connectivity index (χ0v) is 58.4. The summed E-state index contributed by atoms with van der Waals surface area (Å²) in [5.74, 6) is -13.5. The Kier molecular flexibility index (Phi) is 32.0. The highest BCUT2D eigenvalue weighted by atomic mass is 16.5. The Morgan fingerprint density at radius 3 is 1.56 bits per heavy atom. The number of aromatic hydroxyl groups is 1. The van der Waals surface area contributed by atoms with Gasteiger partial charge in [-0.05, 0) is 112 Å². The van der Waals surface area contributed by atoms with Crippen LogP contribution in [0.1, 0.15) is 95.8 Å². The van der Waals surface area contributed by atoms with Gasteiger partial charge in [0.25, 0.3) is 0 Å². The molecule has 3 heterocycles. The van der Waals surface area contributed by atoms with E-state index in [0.717, 1.165) is 6.92 Å². The van der Waals surface area contributed by atoms with Crippen molar-refractivity contribution in [2.75, 3.05) is 39.3 Å². The number of carbonyl (C=O) groups is 14. The molecule has 0 radical (unpaired) electrons. The lowest BCUT2D eigenvalue weighted by Gasteiger charge is -2.30. The number of aliphatic hydroxyl groups excluding tert-OH is 1. The number of esters is 1. The van der Waals surface area contributed by atoms with Crippen molar-refractivity contribution in [1.82, 2.24) is 73.8 Å². The molecule has 24 N–H and O–H groups in total. The van der Waals surface area contributed by atoms with Crippen molar-refractivity contribution in [2.24, 2.45) is 28.9 Å². The van der Waals surface area contributed by atoms with Gasteiger partial charge >= 0.3 is 5.97 Å². The number of amides is 13. The molecule has 0 saturated carbocycles. The number of aromatic nitrogens is 2. The van der Waals surface area contributed by atoms with Crippen LogP contribution < -0.4 is 86.7 Å². The molecule has 35 nitrogen and oxygen atoms in total. The second-order valence-corrected chi connectivity index (χ2v) is 25.4. The number of hydrogen-bond acceptors (Lipinski definition) is 20. The maximum atomic E-state index is 14.8. The summed E-state index contributed by atoms with van der Waals surface area (Å²) in [6.07, 6.45) is 0.824. The summed E-state index contributed by atoms with van der Waals surface area (Å²) in [6, 6.07) is 4.67. The van der Waals surface area contributed by atoms with E-state index in [1.54, 1.807) is 74.8 Å². The Balaban J connectivity index is 1.22. The maximum Gasteiger partial charge on any atom is 0.331 e. The molecule has 1 aliphatic heterocycles. The number of aliphatic hydroxyl groups is 1. The number of phenols is 1. The Labute approximate surface area is 598 Å². The molecule has 35 heteroatoms. The first-order chi connectivity index (χ1) is 49.7. The summed E-state index contributed by atoms with van der Waals surface area (Å²) in [4.78, 5) is 200. The number of ether oxygens (including phenoxy) is 1. The van der Waals surface area contributed by atoms with Crippen LogP contribution in [0.3, 0.4) is 0 Å². The highest BCUT2D eigenvalue weighted by molar-refractivity contribution is 6.00. The van der Waals surface area contributed by atoms with Gasteiger partial charge in [-0.2, -0.15) is 0 Å². The van der Waals surface area contributed by atoms with E-state index in [4.69, 9.17) is 27.7 Å². The van der Waals surface area contributed by atoms with Crippen LogP contribution in [0.25, 0.3) is 21.8 Å². The Bertz CT molecular complexity index is 3830. The van der Waals surface area contributed by atoms with Crippen LogP contribution in [0.5, 0.6) is 5.75 Å². The number of phenolic OH excluding ortho intramolecular Hbond substituents is 1. The molecule has 0 aliphatic carbocycles. The number of rotatable bonds is 37. The highest BCUT2D eigenvalue weighted by Gasteiger charge is 2.40. The van der Waals surface area contributed by atoms with Gasteiger partial charge < -0.3 is 112 Å². The van der Waals surface area contributed by atoms with E-state index < -0.39 is 181 Å². The topological polar surface area (TPSA) is 569 Å². The number of primary amides is 1. The second kappa shape index (κ2) is 40.6. The molecule has 1 saturated heterocycles. The standard InChI is InChI=1S/C69H96N18O17/c1-5-36(2)58-67(101)77-34-57(93)80-54(35-88)69(103)104-37(3)59(68(102)86-58)87-66(100)52(29-41-32-75-46-16-9-7-14-44(41)46)84-61(95)48(18-11-25-71)79-56(92)33-76-60(94)47(17-10-24-70)81-62(96)49(19-12-26-72)82-64(98)51(28-40-31-74-45-15-8-6-13-43(40)45)85-63(97)50(27-39-20-22-42(90)23-21-39)83-65(99)53(30-55(73)91)78-38(4)89/h6-9,13-16,20-23,31-32,36-37,47-54,58-59,74-75,88,90H,5,10-12,17-19,24-30,33-35,70-72H2,1-4H3,(H2,73,91)(H,76,94)(H,77,101)(H,78,89)(H,79,92)(H,80,93)(H,81,96)(H,82,98)(H,83,99)(H,84,95)(H,85,97)(H,86,102)(H,87,100)/t36-,37+,47-,48+,49+,50+,51+,52-,53+,54-,58-,59-/m0/s1. The summed E-state index contributed by atoms with van der Waals surface area (Å²) >= 11 is 0. The third kappa shape index (κ3) is 24.6. The van der Waals surface area contributed by atoms with Crippen molar-refractivity contribution in [3.63, 3.8) is 0 Å². The highest BCUT2D eigenvalue weighted by Crippen LogP contribution is 2.23. The van der Waals surface area contributed by atoms with E-state index in [1.165, 1.54) is 31.2 Å². The number of cyclic esters (lactones) is 1. The van der Waals surface area contributed by atoms with Gasteiger partial charge in [0.05, 0.1) is 26.1 Å². The first-order valence-electron chi connectivity index (χ1n) is 34.3. The van der Waals surface area contributed by atoms with E-state index in [9.17, 15) is 77.3 Å². The summed E-state index contributed by atoms with van der Waals surface area (Å²) < 4.78 is 5.56. The molecule has 12 atom stereocenters. The van der Waals surface area contributed by atoms with Gasteiger partial charge in [-0.15, -0.1) is 0 Å². The van der Waals surface area contributed by atoms with Gasteiger partial charge in [0, 0.05) is 60.4 Å². The van der Waals surface area contributed by atoms with Crippen molar-refractivity contribution in [2.45, 2.75) is 165 Å². The van der Waals surface area contributed by atoms with E-state index in [2.05, 4.69) is 73.8 Å². The molecule has 6 rings (SSSR count). The van der Waals surface area contributed by atoms with Crippen LogP contribution in [0, 0.1) is 5.92 Å². The number of hydrogen-bond donors (Lipinski definition) is 20. The molecule has 3 aromatic carbocycles. The smallest absolute Gasteiger partial charge is 0.331 e. The van der Waals surface area contributed by atoms with Crippen molar-refractivity contribution in [3.05, 3.63) is 102 Å². The normalized spacial score (nSPS) is 18.0. The molecule has 104 heavy (non-hydrogen) atoms. The van der Waals surface area contributed by atoms with Crippen LogP contribution in [-0.2, 0) is 91.1 Å². The Hall–Kier alpha value is -11.0. The molecule has 5 aromatic rings. The molecule has 1 aliphatic rings. The molecule has 0 spiro atoms. The molecule has 2 aromatic heterocycles. The van der Waals surface area contributed by atoms with Crippen molar-refractivity contribution < 1.29 is 82.1 Å². The minimum Gasteiger partial charge on any atom is -0.508 e. The third-order valence-corrected chi connectivity index (χ3v) is 17.4. The number of carbonyl (C=O) groups excluding carboxylic acids is 14. The maximum absolute atomic E-state index is 14.8. The second-order valence-electron chi connectivity index (χ2n) is 25.4. The summed E-state index contributed by atoms with van der Waals surface area (Å²) in [5.41, 5.74) is 25.9. The van der Waals surface area contributed by atoms with E-state index in [1.807, 2.05) is 0 Å². The number of aromatic amines is 2. The van der Waals surface area contributed by atoms with Gasteiger partial charge in [-0.3, -0.25) is 62.3 Å². The van der Waals surface area contributed by atoms with Gasteiger partial charge in [0.1, 0.15) is 66.2 Å². The molecule has 564 valence electrons. The summed E-state index contributed by atoms with van der Waals surface area (Å²) in [5, 5.41) is 51.9. The quantitative estimate of drug-likeness (QED) is 0.0167. The van der Waals surface area contributed by atoms with Crippen LogP contribution in [0.15, 0.2) is 85.2 Å². The predicted molar refractivity (Wildman–Crippen MR) is 378 cm³/mol. The fourth-order valence-electron chi connectivity index (χ4n) is 11.5. The van der Waals surface area contributed by atoms with E-state index in [-0.39, 0.29) is 83.2 Å².